The molecule has 10 heavy (non-hydrogen) atoms. The molecule has 0 unspecified atom stereocenters. The van der Waals surface area contributed by atoms with Gasteiger partial charge in [-0.3, -0.25) is 0 Å². The Morgan fingerprint density at radius 2 is 1.60 bits per heavy atom. The molecule has 0 aliphatic rings. The summed E-state index contributed by atoms with van der Waals surface area (Å²) in [5, 5.41) is 0. The monoisotopic (exact) mass is 284 g/mol. The molecule has 0 heterocycles. The number of hydrogen-bond acceptors (Lipinski definition) is 0. The quantitative estimate of drug-likeness (QED) is 0.649. The Hall–Kier alpha value is 1.45. The molecule has 0 atom stereocenters. The number of unbranched alkanes of at least 4 members (excludes halogenated alkanes) is 4. The van der Waals surface area contributed by atoms with Crippen molar-refractivity contribution < 1.29 is 0 Å². The Kier molecular flexibility index (Phi) is 9.79. The van der Waals surface area contributed by atoms with Crippen LogP contribution in [0.4, 0.5) is 0 Å². The molecule has 0 rings (SSSR count). The van der Waals surface area contributed by atoms with Gasteiger partial charge in [-0.15, -0.1) is 0 Å². The maximum absolute atomic E-state index is 5.77. The normalized spacial score (nSPS) is 9.90. The third-order valence-corrected chi connectivity index (χ3v) is 6.86. The van der Waals surface area contributed by atoms with E-state index in [9.17, 15) is 0 Å². The van der Waals surface area contributed by atoms with Crippen molar-refractivity contribution in [2.75, 3.05) is 0 Å². The zero-order valence-electron chi connectivity index (χ0n) is 6.58. The molecule has 0 saturated heterocycles. The fourth-order valence-electron chi connectivity index (χ4n) is 0.902. The second-order valence-corrected chi connectivity index (χ2v) is 15.0. The molecule has 0 amide bonds. The summed E-state index contributed by atoms with van der Waals surface area (Å²) < 4.78 is 1.16. The second-order valence-electron chi connectivity index (χ2n) is 2.59. The van der Waals surface area contributed by atoms with E-state index < -0.39 is 19.1 Å². The number of hydrogen-bond donors (Lipinski definition) is 0. The first-order chi connectivity index (χ1) is 4.77. The molecule has 60 valence electrons. The number of rotatable bonds is 6. The van der Waals surface area contributed by atoms with Gasteiger partial charge in [-0.05, 0) is 0 Å². The fourth-order valence-corrected chi connectivity index (χ4v) is 4.68. The van der Waals surface area contributed by atoms with Crippen LogP contribution in [0.3, 0.4) is 0 Å². The summed E-state index contributed by atoms with van der Waals surface area (Å²) in [4.78, 5) is 0. The molecule has 3 heteroatoms. The Bertz CT molecular complexity index is 66.6. The predicted molar refractivity (Wildman–Crippen MR) is 51.0 cm³/mol. The summed E-state index contributed by atoms with van der Waals surface area (Å²) in [6, 6.07) is 0. The fraction of sp³-hybridized carbons (Fsp3) is 1.00. The van der Waals surface area contributed by atoms with E-state index in [4.69, 9.17) is 17.2 Å². The molecular formula is C7H15Cl2In. The minimum absolute atomic E-state index is 1.16. The molecule has 0 aromatic rings. The third kappa shape index (κ3) is 9.45. The van der Waals surface area contributed by atoms with Gasteiger partial charge in [-0.1, -0.05) is 0 Å². The van der Waals surface area contributed by atoms with Gasteiger partial charge in [0.2, 0.25) is 0 Å². The van der Waals surface area contributed by atoms with Crippen molar-refractivity contribution >= 4 is 36.2 Å². The predicted octanol–water partition coefficient (Wildman–Crippen LogP) is 3.92. The van der Waals surface area contributed by atoms with Gasteiger partial charge in [0.05, 0.1) is 0 Å². The van der Waals surface area contributed by atoms with Crippen LogP contribution in [-0.4, -0.2) is 19.1 Å². The van der Waals surface area contributed by atoms with Crippen LogP contribution < -0.4 is 0 Å². The van der Waals surface area contributed by atoms with E-state index in [0.29, 0.717) is 0 Å². The van der Waals surface area contributed by atoms with Gasteiger partial charge in [0, 0.05) is 0 Å². The van der Waals surface area contributed by atoms with E-state index in [-0.39, 0.29) is 0 Å². The molecule has 0 spiro atoms. The van der Waals surface area contributed by atoms with E-state index in [2.05, 4.69) is 6.92 Å². The first-order valence-electron chi connectivity index (χ1n) is 4.05. The molecule has 0 N–H and O–H groups in total. The van der Waals surface area contributed by atoms with Crippen LogP contribution >= 0.6 is 17.2 Å². The Morgan fingerprint density at radius 3 is 2.10 bits per heavy atom. The summed E-state index contributed by atoms with van der Waals surface area (Å²) in [7, 11) is 11.5. The molecule has 0 aliphatic carbocycles. The molecule has 0 saturated carbocycles. The minimum atomic E-state index is -1.85. The van der Waals surface area contributed by atoms with E-state index in [1.807, 2.05) is 0 Å². The van der Waals surface area contributed by atoms with Gasteiger partial charge >= 0.3 is 79.4 Å². The van der Waals surface area contributed by atoms with Crippen molar-refractivity contribution in [3.8, 4) is 0 Å². The van der Waals surface area contributed by atoms with Gasteiger partial charge in [-0.25, -0.2) is 0 Å². The average molecular weight is 285 g/mol. The van der Waals surface area contributed by atoms with Gasteiger partial charge in [0.25, 0.3) is 0 Å². The van der Waals surface area contributed by atoms with E-state index in [1.54, 1.807) is 0 Å². The first-order valence-corrected chi connectivity index (χ1v) is 14.7. The van der Waals surface area contributed by atoms with Crippen LogP contribution in [0, 0.1) is 0 Å². The zero-order chi connectivity index (χ0) is 7.82. The van der Waals surface area contributed by atoms with Crippen LogP contribution in [-0.2, 0) is 0 Å². The standard InChI is InChI=1S/C7H15.2ClH.In/c1-3-5-7-6-4-2;;;/h1,3-7H2,2H3;2*1H;/q;;;+2/p-2. The molecule has 0 aromatic carbocycles. The second kappa shape index (κ2) is 8.55. The van der Waals surface area contributed by atoms with Gasteiger partial charge in [0.15, 0.2) is 0 Å². The van der Waals surface area contributed by atoms with Crippen LogP contribution in [0.15, 0.2) is 0 Å². The summed E-state index contributed by atoms with van der Waals surface area (Å²) in [5.41, 5.74) is 0. The molecule has 0 aliphatic heterocycles. The van der Waals surface area contributed by atoms with Crippen LogP contribution in [0.2, 0.25) is 4.18 Å². The summed E-state index contributed by atoms with van der Waals surface area (Å²) in [6.45, 7) is 2.23. The first kappa shape index (κ1) is 11.5. The van der Waals surface area contributed by atoms with Crippen LogP contribution in [0.5, 0.6) is 0 Å². The molecule has 0 radical (unpaired) electrons. The Morgan fingerprint density at radius 1 is 1.00 bits per heavy atom. The van der Waals surface area contributed by atoms with E-state index >= 15 is 0 Å². The Labute approximate surface area is 79.0 Å². The van der Waals surface area contributed by atoms with Crippen molar-refractivity contribution in [1.82, 2.24) is 0 Å². The summed E-state index contributed by atoms with van der Waals surface area (Å²) in [5.74, 6) is 0. The molecular weight excluding hydrogens is 270 g/mol. The average Bonchev–Trinajstić information content (AvgIpc) is 1.87. The molecule has 0 aromatic heterocycles. The summed E-state index contributed by atoms with van der Waals surface area (Å²) in [6.07, 6.45) is 6.65. The van der Waals surface area contributed by atoms with Crippen molar-refractivity contribution in [3.63, 3.8) is 0 Å². The van der Waals surface area contributed by atoms with Crippen molar-refractivity contribution in [2.24, 2.45) is 0 Å². The molecule has 0 fully saturated rings. The van der Waals surface area contributed by atoms with Gasteiger partial charge in [0.1, 0.15) is 0 Å². The van der Waals surface area contributed by atoms with Crippen molar-refractivity contribution in [2.45, 2.75) is 43.2 Å². The van der Waals surface area contributed by atoms with Crippen LogP contribution in [0.25, 0.3) is 0 Å². The van der Waals surface area contributed by atoms with Crippen LogP contribution in [0.1, 0.15) is 39.0 Å². The van der Waals surface area contributed by atoms with Gasteiger partial charge < -0.3 is 0 Å². The van der Waals surface area contributed by atoms with Crippen molar-refractivity contribution in [1.29, 1.82) is 0 Å². The summed E-state index contributed by atoms with van der Waals surface area (Å²) >= 11 is -1.85. The van der Waals surface area contributed by atoms with E-state index in [0.717, 1.165) is 4.18 Å². The third-order valence-electron chi connectivity index (χ3n) is 1.53. The zero-order valence-corrected chi connectivity index (χ0v) is 11.4. The SMILES string of the molecule is CCCCCC[CH2][In]([Cl])[Cl]. The number of halogens is 2. The molecule has 0 bridgehead atoms. The topological polar surface area (TPSA) is 0 Å². The molecule has 0 nitrogen and oxygen atoms in total. The van der Waals surface area contributed by atoms with Crippen molar-refractivity contribution in [3.05, 3.63) is 0 Å². The van der Waals surface area contributed by atoms with E-state index in [1.165, 1.54) is 32.1 Å². The maximum atomic E-state index is 5.77. The van der Waals surface area contributed by atoms with Gasteiger partial charge in [-0.2, -0.15) is 0 Å². The Balaban J connectivity index is 2.77.